The van der Waals surface area contributed by atoms with Crippen molar-refractivity contribution >= 4 is 12.1 Å². The number of rotatable bonds is 11. The van der Waals surface area contributed by atoms with E-state index in [1.165, 1.54) is 45.3 Å². The lowest BCUT2D eigenvalue weighted by Gasteiger charge is -2.10. The van der Waals surface area contributed by atoms with Gasteiger partial charge < -0.3 is 14.2 Å². The van der Waals surface area contributed by atoms with Crippen LogP contribution in [0.5, 0.6) is 11.5 Å². The first-order valence-electron chi connectivity index (χ1n) is 10.3. The molecule has 29 heavy (non-hydrogen) atoms. The zero-order valence-corrected chi connectivity index (χ0v) is 17.3. The van der Waals surface area contributed by atoms with Crippen LogP contribution in [0.15, 0.2) is 48.5 Å². The van der Waals surface area contributed by atoms with Crippen LogP contribution in [0.4, 0.5) is 4.79 Å². The quantitative estimate of drug-likeness (QED) is 0.191. The Hall–Kier alpha value is -2.82. The van der Waals surface area contributed by atoms with Gasteiger partial charge >= 0.3 is 12.1 Å². The Morgan fingerprint density at radius 1 is 0.793 bits per heavy atom. The summed E-state index contributed by atoms with van der Waals surface area (Å²) in [6, 6.07) is 13.9. The highest BCUT2D eigenvalue weighted by atomic mass is 16.7. The molecule has 0 fully saturated rings. The first-order valence-corrected chi connectivity index (χ1v) is 10.3. The Bertz CT molecular complexity index is 784. The first kappa shape index (κ1) is 22.5. The van der Waals surface area contributed by atoms with Crippen LogP contribution in [0.3, 0.4) is 0 Å². The van der Waals surface area contributed by atoms with Gasteiger partial charge in [0.25, 0.3) is 0 Å². The molecule has 2 aromatic carbocycles. The highest BCUT2D eigenvalue weighted by Crippen LogP contribution is 2.23. The van der Waals surface area contributed by atoms with Gasteiger partial charge in [-0.15, -0.1) is 0 Å². The Morgan fingerprint density at radius 2 is 1.41 bits per heavy atom. The summed E-state index contributed by atoms with van der Waals surface area (Å²) >= 11 is 0. The summed E-state index contributed by atoms with van der Waals surface area (Å²) in [5.41, 5.74) is 1.10. The largest absolute Gasteiger partial charge is 0.521 e. The lowest BCUT2D eigenvalue weighted by atomic mass is 10.0. The van der Waals surface area contributed by atoms with Crippen LogP contribution in [0, 0.1) is 0 Å². The summed E-state index contributed by atoms with van der Waals surface area (Å²) in [7, 11) is 1.45. The monoisotopic (exact) mass is 398 g/mol. The van der Waals surface area contributed by atoms with Crippen molar-refractivity contribution in [1.29, 1.82) is 0 Å². The minimum atomic E-state index is -1.05. The van der Waals surface area contributed by atoms with Crippen molar-refractivity contribution in [2.24, 2.45) is 0 Å². The number of hydrogen-bond acceptors (Lipinski definition) is 5. The molecule has 0 aliphatic carbocycles. The number of aryl methyl sites for hydroxylation is 1. The average molecular weight is 398 g/mol. The minimum absolute atomic E-state index is 0.170. The first-order chi connectivity index (χ1) is 14.2. The molecule has 5 heteroatoms. The molecule has 0 unspecified atom stereocenters. The third kappa shape index (κ3) is 7.60. The van der Waals surface area contributed by atoms with Gasteiger partial charge in [0.2, 0.25) is 0 Å². The van der Waals surface area contributed by atoms with Gasteiger partial charge in [0, 0.05) is 0 Å². The number of carbonyl (C=O) groups excluding carboxylic acids is 2. The van der Waals surface area contributed by atoms with Gasteiger partial charge in [0.1, 0.15) is 17.1 Å². The van der Waals surface area contributed by atoms with E-state index in [9.17, 15) is 9.59 Å². The van der Waals surface area contributed by atoms with Crippen LogP contribution in [0.1, 0.15) is 67.8 Å². The number of hydrogen-bond donors (Lipinski definition) is 0. The topological polar surface area (TPSA) is 61.8 Å². The molecule has 5 nitrogen and oxygen atoms in total. The predicted molar refractivity (Wildman–Crippen MR) is 113 cm³/mol. The number of carbonyl (C=O) groups is 2. The van der Waals surface area contributed by atoms with E-state index in [4.69, 9.17) is 14.2 Å². The van der Waals surface area contributed by atoms with Crippen molar-refractivity contribution in [3.63, 3.8) is 0 Å². The van der Waals surface area contributed by atoms with E-state index in [0.29, 0.717) is 11.5 Å². The summed E-state index contributed by atoms with van der Waals surface area (Å²) in [5, 5.41) is 0. The molecular formula is C24H30O5. The van der Waals surface area contributed by atoms with Crippen LogP contribution in [-0.4, -0.2) is 19.2 Å². The van der Waals surface area contributed by atoms with Crippen LogP contribution < -0.4 is 9.47 Å². The highest BCUT2D eigenvalue weighted by molar-refractivity contribution is 5.97. The molecule has 0 N–H and O–H groups in total. The molecule has 0 saturated carbocycles. The summed E-state index contributed by atoms with van der Waals surface area (Å²) in [4.78, 5) is 24.3. The molecule has 0 radical (unpaired) electrons. The fourth-order valence-corrected chi connectivity index (χ4v) is 3.14. The van der Waals surface area contributed by atoms with Crippen molar-refractivity contribution < 1.29 is 23.8 Å². The zero-order valence-electron chi connectivity index (χ0n) is 17.3. The molecule has 2 rings (SSSR count). The van der Waals surface area contributed by atoms with Gasteiger partial charge in [-0.05, 0) is 36.6 Å². The number of para-hydroxylation sites is 2. The molecule has 0 amide bonds. The van der Waals surface area contributed by atoms with Crippen molar-refractivity contribution in [2.45, 2.75) is 58.3 Å². The van der Waals surface area contributed by atoms with Crippen molar-refractivity contribution in [3.8, 4) is 11.5 Å². The fraction of sp³-hybridized carbons (Fsp3) is 0.417. The summed E-state index contributed by atoms with van der Waals surface area (Å²) in [6.45, 7) is 2.21. The Kier molecular flexibility index (Phi) is 9.76. The van der Waals surface area contributed by atoms with Gasteiger partial charge in [0.05, 0.1) is 7.11 Å². The maximum atomic E-state index is 12.2. The standard InChI is InChI=1S/C24H30O5/c1-3-4-5-6-7-8-9-14-19-15-10-12-17-21(19)28-24(26)29-23(25)20-16-11-13-18-22(20)27-2/h10-13,15-18H,3-9,14H2,1-2H3. The van der Waals surface area contributed by atoms with E-state index < -0.39 is 12.1 Å². The van der Waals surface area contributed by atoms with Crippen molar-refractivity contribution in [3.05, 3.63) is 59.7 Å². The molecule has 0 heterocycles. The van der Waals surface area contributed by atoms with Gasteiger partial charge in [-0.1, -0.05) is 75.8 Å². The molecule has 0 aromatic heterocycles. The van der Waals surface area contributed by atoms with Gasteiger partial charge in [0.15, 0.2) is 0 Å². The van der Waals surface area contributed by atoms with Gasteiger partial charge in [-0.2, -0.15) is 0 Å². The Labute approximate surface area is 173 Å². The van der Waals surface area contributed by atoms with Crippen molar-refractivity contribution in [2.75, 3.05) is 7.11 Å². The SMILES string of the molecule is CCCCCCCCCc1ccccc1OC(=O)OC(=O)c1ccccc1OC. The minimum Gasteiger partial charge on any atom is -0.496 e. The van der Waals surface area contributed by atoms with Gasteiger partial charge in [-0.25, -0.2) is 9.59 Å². The second kappa shape index (κ2) is 12.6. The third-order valence-corrected chi connectivity index (χ3v) is 4.72. The lowest BCUT2D eigenvalue weighted by Crippen LogP contribution is -2.17. The molecule has 0 aliphatic rings. The number of ether oxygens (including phenoxy) is 3. The molecule has 0 saturated heterocycles. The van der Waals surface area contributed by atoms with Crippen molar-refractivity contribution in [1.82, 2.24) is 0 Å². The Morgan fingerprint density at radius 3 is 2.14 bits per heavy atom. The van der Waals surface area contributed by atoms with E-state index in [0.717, 1.165) is 24.8 Å². The highest BCUT2D eigenvalue weighted by Gasteiger charge is 2.19. The number of methoxy groups -OCH3 is 1. The number of esters is 1. The number of unbranched alkanes of at least 4 members (excludes halogenated alkanes) is 6. The average Bonchev–Trinajstić information content (AvgIpc) is 2.74. The smallest absolute Gasteiger partial charge is 0.496 e. The van der Waals surface area contributed by atoms with Crippen LogP contribution in [0.25, 0.3) is 0 Å². The van der Waals surface area contributed by atoms with E-state index in [1.54, 1.807) is 30.3 Å². The van der Waals surface area contributed by atoms with Crippen LogP contribution in [0.2, 0.25) is 0 Å². The molecular weight excluding hydrogens is 368 g/mol. The normalized spacial score (nSPS) is 10.4. The van der Waals surface area contributed by atoms with E-state index in [-0.39, 0.29) is 5.56 Å². The molecule has 2 aromatic rings. The predicted octanol–water partition coefficient (Wildman–Crippen LogP) is 6.34. The fourth-order valence-electron chi connectivity index (χ4n) is 3.14. The lowest BCUT2D eigenvalue weighted by molar-refractivity contribution is 0.0526. The summed E-state index contributed by atoms with van der Waals surface area (Å²) in [5.74, 6) is -0.0436. The molecule has 156 valence electrons. The van der Waals surface area contributed by atoms with E-state index >= 15 is 0 Å². The molecule has 0 aliphatic heterocycles. The van der Waals surface area contributed by atoms with Crippen LogP contribution in [-0.2, 0) is 11.2 Å². The zero-order chi connectivity index (χ0) is 20.9. The van der Waals surface area contributed by atoms with Crippen LogP contribution >= 0.6 is 0 Å². The molecule has 0 spiro atoms. The van der Waals surface area contributed by atoms with E-state index in [1.807, 2.05) is 12.1 Å². The molecule has 0 bridgehead atoms. The second-order valence-electron chi connectivity index (χ2n) is 6.92. The third-order valence-electron chi connectivity index (χ3n) is 4.72. The summed E-state index contributed by atoms with van der Waals surface area (Å²) in [6.07, 6.45) is 8.28. The molecule has 0 atom stereocenters. The Balaban J connectivity index is 1.86. The maximum absolute atomic E-state index is 12.2. The van der Waals surface area contributed by atoms with Gasteiger partial charge in [-0.3, -0.25) is 0 Å². The summed E-state index contributed by atoms with van der Waals surface area (Å²) < 4.78 is 15.3. The number of benzene rings is 2. The van der Waals surface area contributed by atoms with E-state index in [2.05, 4.69) is 6.92 Å². The second-order valence-corrected chi connectivity index (χ2v) is 6.92. The maximum Gasteiger partial charge on any atom is 0.521 e.